The SMILES string of the molecule is CCCCCCOC(=O)/C=C(\C)OCCCCCC. The summed E-state index contributed by atoms with van der Waals surface area (Å²) in [4.78, 5) is 11.4. The highest BCUT2D eigenvalue weighted by molar-refractivity contribution is 5.82. The summed E-state index contributed by atoms with van der Waals surface area (Å²) in [5, 5.41) is 0. The van der Waals surface area contributed by atoms with Crippen molar-refractivity contribution >= 4 is 5.97 Å². The first-order chi connectivity index (χ1) is 9.20. The zero-order valence-electron chi connectivity index (χ0n) is 12.9. The number of allylic oxidation sites excluding steroid dienone is 1. The van der Waals surface area contributed by atoms with Crippen LogP contribution in [-0.4, -0.2) is 19.2 Å². The minimum atomic E-state index is -0.289. The van der Waals surface area contributed by atoms with Crippen molar-refractivity contribution in [2.45, 2.75) is 72.1 Å². The lowest BCUT2D eigenvalue weighted by Crippen LogP contribution is -2.04. The molecule has 0 aliphatic rings. The van der Waals surface area contributed by atoms with E-state index in [1.54, 1.807) is 6.92 Å². The smallest absolute Gasteiger partial charge is 0.334 e. The summed E-state index contributed by atoms with van der Waals surface area (Å²) in [7, 11) is 0. The van der Waals surface area contributed by atoms with Crippen LogP contribution in [0.15, 0.2) is 11.8 Å². The lowest BCUT2D eigenvalue weighted by molar-refractivity contribution is -0.138. The van der Waals surface area contributed by atoms with Gasteiger partial charge in [0.25, 0.3) is 0 Å². The molecule has 0 atom stereocenters. The first kappa shape index (κ1) is 18.0. The van der Waals surface area contributed by atoms with Gasteiger partial charge in [0.05, 0.1) is 19.3 Å². The number of hydrogen-bond acceptors (Lipinski definition) is 3. The molecule has 0 radical (unpaired) electrons. The van der Waals surface area contributed by atoms with Crippen molar-refractivity contribution in [3.63, 3.8) is 0 Å². The molecule has 0 fully saturated rings. The molecule has 0 N–H and O–H groups in total. The van der Waals surface area contributed by atoms with Crippen molar-refractivity contribution < 1.29 is 14.3 Å². The van der Waals surface area contributed by atoms with Gasteiger partial charge >= 0.3 is 5.97 Å². The maximum atomic E-state index is 11.4. The molecule has 112 valence electrons. The lowest BCUT2D eigenvalue weighted by atomic mass is 10.2. The van der Waals surface area contributed by atoms with E-state index in [1.807, 2.05) is 0 Å². The summed E-state index contributed by atoms with van der Waals surface area (Å²) in [6.07, 6.45) is 10.6. The van der Waals surface area contributed by atoms with Crippen LogP contribution >= 0.6 is 0 Å². The molecule has 0 rings (SSSR count). The average molecular weight is 270 g/mol. The van der Waals surface area contributed by atoms with Crippen molar-refractivity contribution in [2.24, 2.45) is 0 Å². The van der Waals surface area contributed by atoms with Gasteiger partial charge in [-0.15, -0.1) is 0 Å². The Bertz CT molecular complexity index is 246. The molecule has 0 aliphatic carbocycles. The molecule has 0 unspecified atom stereocenters. The Hall–Kier alpha value is -0.990. The number of carbonyl (C=O) groups excluding carboxylic acids is 1. The Morgan fingerprint density at radius 2 is 1.37 bits per heavy atom. The highest BCUT2D eigenvalue weighted by atomic mass is 16.5. The van der Waals surface area contributed by atoms with Gasteiger partial charge in [0.15, 0.2) is 0 Å². The van der Waals surface area contributed by atoms with Crippen LogP contribution in [0.1, 0.15) is 72.1 Å². The normalized spacial score (nSPS) is 11.4. The van der Waals surface area contributed by atoms with E-state index >= 15 is 0 Å². The van der Waals surface area contributed by atoms with E-state index in [-0.39, 0.29) is 5.97 Å². The number of hydrogen-bond donors (Lipinski definition) is 0. The van der Waals surface area contributed by atoms with Gasteiger partial charge in [0, 0.05) is 0 Å². The minimum absolute atomic E-state index is 0.289. The quantitative estimate of drug-likeness (QED) is 0.225. The van der Waals surface area contributed by atoms with Gasteiger partial charge in [-0.2, -0.15) is 0 Å². The second-order valence-corrected chi connectivity index (χ2v) is 4.89. The molecule has 0 aromatic carbocycles. The molecule has 0 aromatic rings. The first-order valence-electron chi connectivity index (χ1n) is 7.68. The summed E-state index contributed by atoms with van der Waals surface area (Å²) in [5.74, 6) is 0.359. The van der Waals surface area contributed by atoms with Crippen molar-refractivity contribution in [3.05, 3.63) is 11.8 Å². The fourth-order valence-corrected chi connectivity index (χ4v) is 1.71. The zero-order valence-corrected chi connectivity index (χ0v) is 12.9. The standard InChI is InChI=1S/C16H30O3/c1-4-6-8-10-12-18-15(3)14-16(17)19-13-11-9-7-5-2/h14H,4-13H2,1-3H3/b15-14+. The van der Waals surface area contributed by atoms with Crippen LogP contribution in [0, 0.1) is 0 Å². The van der Waals surface area contributed by atoms with Gasteiger partial charge in [0.1, 0.15) is 5.76 Å². The molecule has 0 saturated carbocycles. The maximum Gasteiger partial charge on any atom is 0.334 e. The second-order valence-electron chi connectivity index (χ2n) is 4.89. The third kappa shape index (κ3) is 13.2. The Morgan fingerprint density at radius 1 is 0.842 bits per heavy atom. The molecule has 3 nitrogen and oxygen atoms in total. The monoisotopic (exact) mass is 270 g/mol. The Kier molecular flexibility index (Phi) is 12.7. The van der Waals surface area contributed by atoms with Crippen LogP contribution in [0.4, 0.5) is 0 Å². The largest absolute Gasteiger partial charge is 0.498 e. The molecule has 0 aromatic heterocycles. The van der Waals surface area contributed by atoms with Crippen LogP contribution < -0.4 is 0 Å². The predicted octanol–water partition coefficient (Wildman–Crippen LogP) is 4.61. The molecule has 19 heavy (non-hydrogen) atoms. The second kappa shape index (κ2) is 13.4. The minimum Gasteiger partial charge on any atom is -0.498 e. The van der Waals surface area contributed by atoms with Gasteiger partial charge < -0.3 is 9.47 Å². The number of unbranched alkanes of at least 4 members (excludes halogenated alkanes) is 6. The summed E-state index contributed by atoms with van der Waals surface area (Å²) >= 11 is 0. The van der Waals surface area contributed by atoms with Crippen LogP contribution in [0.3, 0.4) is 0 Å². The van der Waals surface area contributed by atoms with E-state index < -0.39 is 0 Å². The van der Waals surface area contributed by atoms with Gasteiger partial charge in [-0.25, -0.2) is 4.79 Å². The van der Waals surface area contributed by atoms with Crippen LogP contribution in [-0.2, 0) is 14.3 Å². The number of carbonyl (C=O) groups is 1. The lowest BCUT2D eigenvalue weighted by Gasteiger charge is -2.06. The van der Waals surface area contributed by atoms with Crippen molar-refractivity contribution in [1.82, 2.24) is 0 Å². The molecule has 3 heteroatoms. The predicted molar refractivity (Wildman–Crippen MR) is 79.0 cm³/mol. The third-order valence-corrected chi connectivity index (χ3v) is 2.89. The van der Waals surface area contributed by atoms with Crippen molar-refractivity contribution in [2.75, 3.05) is 13.2 Å². The van der Waals surface area contributed by atoms with E-state index in [0.29, 0.717) is 19.0 Å². The Morgan fingerprint density at radius 3 is 1.89 bits per heavy atom. The molecule has 0 bridgehead atoms. The van der Waals surface area contributed by atoms with E-state index in [0.717, 1.165) is 19.3 Å². The Labute approximate surface area is 118 Å². The molecular weight excluding hydrogens is 240 g/mol. The number of rotatable bonds is 12. The average Bonchev–Trinajstić information content (AvgIpc) is 2.38. The van der Waals surface area contributed by atoms with Crippen molar-refractivity contribution in [1.29, 1.82) is 0 Å². The summed E-state index contributed by atoms with van der Waals surface area (Å²) in [6.45, 7) is 7.35. The van der Waals surface area contributed by atoms with Gasteiger partial charge in [-0.05, 0) is 19.8 Å². The highest BCUT2D eigenvalue weighted by Gasteiger charge is 2.00. The molecule has 0 spiro atoms. The van der Waals surface area contributed by atoms with Crippen LogP contribution in [0.2, 0.25) is 0 Å². The Balaban J connectivity index is 3.55. The summed E-state index contributed by atoms with van der Waals surface area (Å²) < 4.78 is 10.6. The summed E-state index contributed by atoms with van der Waals surface area (Å²) in [6, 6.07) is 0. The number of esters is 1. The van der Waals surface area contributed by atoms with E-state index in [4.69, 9.17) is 9.47 Å². The van der Waals surface area contributed by atoms with E-state index in [1.165, 1.54) is 38.2 Å². The molecule has 0 aliphatic heterocycles. The highest BCUT2D eigenvalue weighted by Crippen LogP contribution is 2.04. The molecule has 0 heterocycles. The molecular formula is C16H30O3. The first-order valence-corrected chi connectivity index (χ1v) is 7.68. The van der Waals surface area contributed by atoms with Crippen LogP contribution in [0.5, 0.6) is 0 Å². The molecule has 0 amide bonds. The summed E-state index contributed by atoms with van der Waals surface area (Å²) in [5.41, 5.74) is 0. The topological polar surface area (TPSA) is 35.5 Å². The third-order valence-electron chi connectivity index (χ3n) is 2.89. The fourth-order valence-electron chi connectivity index (χ4n) is 1.71. The number of ether oxygens (including phenoxy) is 2. The van der Waals surface area contributed by atoms with E-state index in [9.17, 15) is 4.79 Å². The van der Waals surface area contributed by atoms with Gasteiger partial charge in [-0.3, -0.25) is 0 Å². The van der Waals surface area contributed by atoms with E-state index in [2.05, 4.69) is 13.8 Å². The fraction of sp³-hybridized carbons (Fsp3) is 0.812. The van der Waals surface area contributed by atoms with Gasteiger partial charge in [0.2, 0.25) is 0 Å². The van der Waals surface area contributed by atoms with Crippen LogP contribution in [0.25, 0.3) is 0 Å². The van der Waals surface area contributed by atoms with Gasteiger partial charge in [-0.1, -0.05) is 52.4 Å². The maximum absolute atomic E-state index is 11.4. The zero-order chi connectivity index (χ0) is 14.3. The molecule has 0 saturated heterocycles. The van der Waals surface area contributed by atoms with Crippen molar-refractivity contribution in [3.8, 4) is 0 Å².